The molecule has 3 aliphatic rings. The molecule has 5 N–H and O–H groups in total. The molecule has 83 heavy (non-hydrogen) atoms. The highest BCUT2D eigenvalue weighted by Crippen LogP contribution is 2.41. The van der Waals surface area contributed by atoms with Crippen LogP contribution in [0.1, 0.15) is 112 Å². The molecule has 0 aliphatic carbocycles. The van der Waals surface area contributed by atoms with Crippen molar-refractivity contribution >= 4 is 23.8 Å². The smallest absolute Gasteiger partial charge is 0.407 e. The zero-order chi connectivity index (χ0) is 61.3. The Balaban J connectivity index is 1.28. The van der Waals surface area contributed by atoms with Gasteiger partial charge in [0, 0.05) is 56.8 Å². The molecule has 25 heteroatoms. The molecule has 0 spiro atoms. The van der Waals surface area contributed by atoms with E-state index in [1.54, 1.807) is 91.2 Å². The Hall–Kier alpha value is -5.61. The van der Waals surface area contributed by atoms with Crippen LogP contribution >= 0.6 is 0 Å². The summed E-state index contributed by atoms with van der Waals surface area (Å²) >= 11 is 0. The number of rotatable bonds is 17. The lowest BCUT2D eigenvalue weighted by Gasteiger charge is -2.49. The summed E-state index contributed by atoms with van der Waals surface area (Å²) in [5.74, 6) is -2.52. The molecule has 18 atom stereocenters. The number of likely N-dealkylation sites (N-methyl/N-ethyl adjacent to an activating group) is 2. The van der Waals surface area contributed by atoms with Crippen molar-refractivity contribution in [3.05, 3.63) is 81.7 Å². The van der Waals surface area contributed by atoms with Gasteiger partial charge in [0.25, 0.3) is 5.69 Å². The zero-order valence-electron chi connectivity index (χ0n) is 50.8. The van der Waals surface area contributed by atoms with E-state index in [0.29, 0.717) is 24.4 Å². The van der Waals surface area contributed by atoms with Crippen molar-refractivity contribution in [2.24, 2.45) is 17.8 Å². The number of nitro benzene ring substituents is 1. The van der Waals surface area contributed by atoms with Gasteiger partial charge < -0.3 is 73.5 Å². The Kier molecular flexibility index (Phi) is 22.9. The number of aromatic nitrogens is 3. The number of aliphatic hydroxyl groups is 3. The van der Waals surface area contributed by atoms with Crippen LogP contribution in [-0.4, -0.2) is 195 Å². The van der Waals surface area contributed by atoms with E-state index >= 15 is 4.79 Å². The number of hydrogen-bond donors (Lipinski definition) is 5. The van der Waals surface area contributed by atoms with Crippen molar-refractivity contribution in [1.82, 2.24) is 35.4 Å². The van der Waals surface area contributed by atoms with E-state index in [0.717, 1.165) is 11.1 Å². The summed E-state index contributed by atoms with van der Waals surface area (Å²) < 4.78 is 58.1. The molecule has 2 amide bonds. The number of carbonyl (C=O) groups is 3. The minimum absolute atomic E-state index is 0.0325. The number of non-ortho nitro benzene ring substituents is 1. The molecular weight excluding hydrogens is 1080 g/mol. The Morgan fingerprint density at radius 2 is 1.51 bits per heavy atom. The highest BCUT2D eigenvalue weighted by molar-refractivity contribution is 5.73. The number of aliphatic hydroxyl groups excluding tert-OH is 1. The maximum absolute atomic E-state index is 15.0. The van der Waals surface area contributed by atoms with Crippen LogP contribution in [0.5, 0.6) is 5.75 Å². The second kappa shape index (κ2) is 28.5. The van der Waals surface area contributed by atoms with E-state index in [2.05, 4.69) is 20.9 Å². The van der Waals surface area contributed by atoms with E-state index in [4.69, 9.17) is 42.6 Å². The Morgan fingerprint density at radius 1 is 0.880 bits per heavy atom. The van der Waals surface area contributed by atoms with Crippen LogP contribution in [0.15, 0.2) is 54.7 Å². The highest BCUT2D eigenvalue weighted by Gasteiger charge is 2.54. The number of esters is 1. The quantitative estimate of drug-likeness (QED) is 0.0494. The first-order chi connectivity index (χ1) is 39.0. The van der Waals surface area contributed by atoms with Gasteiger partial charge in [0.05, 0.1) is 67.3 Å². The number of nitrogens with zero attached hydrogens (tertiary/aromatic N) is 6. The predicted octanol–water partition coefficient (Wildman–Crippen LogP) is 5.33. The molecule has 3 fully saturated rings. The van der Waals surface area contributed by atoms with Crippen LogP contribution in [0.25, 0.3) is 0 Å². The predicted molar refractivity (Wildman–Crippen MR) is 302 cm³/mol. The van der Waals surface area contributed by atoms with E-state index in [-0.39, 0.29) is 62.6 Å². The van der Waals surface area contributed by atoms with Gasteiger partial charge in [0.1, 0.15) is 34.9 Å². The summed E-state index contributed by atoms with van der Waals surface area (Å²) in [5.41, 5.74) is -3.03. The Labute approximate surface area is 487 Å². The van der Waals surface area contributed by atoms with Crippen LogP contribution in [0.2, 0.25) is 0 Å². The van der Waals surface area contributed by atoms with Gasteiger partial charge in [-0.05, 0) is 118 Å². The average Bonchev–Trinajstić information content (AvgIpc) is 3.47. The second-order valence-corrected chi connectivity index (χ2v) is 23.8. The summed E-state index contributed by atoms with van der Waals surface area (Å²) in [6.45, 7) is 18.0. The summed E-state index contributed by atoms with van der Waals surface area (Å²) in [6.07, 6.45) is -9.92. The molecule has 464 valence electrons. The van der Waals surface area contributed by atoms with Crippen molar-refractivity contribution in [1.29, 1.82) is 0 Å². The normalized spacial score (nSPS) is 35.1. The molecule has 6 rings (SSSR count). The van der Waals surface area contributed by atoms with Gasteiger partial charge in [-0.1, -0.05) is 50.3 Å². The third-order valence-corrected chi connectivity index (χ3v) is 16.7. The number of methoxy groups -OCH3 is 2. The fourth-order valence-corrected chi connectivity index (χ4v) is 11.9. The third kappa shape index (κ3) is 16.9. The van der Waals surface area contributed by atoms with Crippen molar-refractivity contribution in [3.63, 3.8) is 0 Å². The maximum Gasteiger partial charge on any atom is 0.407 e. The van der Waals surface area contributed by atoms with Gasteiger partial charge in [-0.3, -0.25) is 19.8 Å². The third-order valence-electron chi connectivity index (χ3n) is 16.7. The van der Waals surface area contributed by atoms with Gasteiger partial charge in [0.2, 0.25) is 0 Å². The fraction of sp³-hybridized carbons (Fsp3) is 0.707. The second-order valence-electron chi connectivity index (χ2n) is 23.8. The maximum atomic E-state index is 15.0. The topological polar surface area (TPSA) is 299 Å². The lowest BCUT2D eigenvalue weighted by atomic mass is 9.77. The van der Waals surface area contributed by atoms with Gasteiger partial charge >= 0.3 is 18.2 Å². The summed E-state index contributed by atoms with van der Waals surface area (Å²) in [6, 6.07) is 12.2. The van der Waals surface area contributed by atoms with Crippen molar-refractivity contribution in [2.75, 3.05) is 41.9 Å². The molecule has 25 nitrogen and oxygen atoms in total. The molecule has 0 radical (unpaired) electrons. The Bertz CT molecular complexity index is 2590. The minimum atomic E-state index is -1.98. The van der Waals surface area contributed by atoms with Gasteiger partial charge in [0.15, 0.2) is 24.8 Å². The van der Waals surface area contributed by atoms with Crippen molar-refractivity contribution in [2.45, 2.75) is 205 Å². The standard InChI is InChI=1S/C58H90N8O17/c1-16-45-58(10,72)50(82-54(69)59-28-39-19-23-43(75-14)24-20-39)37(6)64(13)30-33(2)26-56(8,71)49(81-53-47(67)44(63(11)12)25-34(3)77-53)35(4)48(36(5)52(68)79-45)80-46-27-57(9,76-15)51(38(7)78-46)83-55(70)60-29-41-32-65(62-61-41)31-40-17-21-42(22-18-40)66(73)74/h17-24,32-38,44-51,53,67,71-72H,16,25-31H2,1-15H3,(H,59,69)(H,60,70)/t33-,34-,35+,36-,37+,38+,44+,45+,46+,47-,48-,49-,50+,51+,53+,56-,57-,58-/m1/s1. The lowest BCUT2D eigenvalue weighted by molar-refractivity contribution is -0.384. The van der Waals surface area contributed by atoms with Gasteiger partial charge in [-0.25, -0.2) is 14.3 Å². The zero-order valence-corrected chi connectivity index (χ0v) is 50.8. The molecule has 3 aliphatic heterocycles. The number of benzene rings is 2. The number of carbonyl (C=O) groups excluding carboxylic acids is 3. The molecule has 0 saturated carbocycles. The summed E-state index contributed by atoms with van der Waals surface area (Å²) in [4.78, 5) is 56.7. The Morgan fingerprint density at radius 3 is 2.11 bits per heavy atom. The molecule has 1 aromatic heterocycles. The van der Waals surface area contributed by atoms with Crippen LogP contribution in [0, 0.1) is 27.9 Å². The number of alkyl carbamates (subject to hydrolysis) is 2. The molecule has 0 bridgehead atoms. The van der Waals surface area contributed by atoms with Crippen LogP contribution in [-0.2, 0) is 62.3 Å². The van der Waals surface area contributed by atoms with Gasteiger partial charge in [-0.15, -0.1) is 5.10 Å². The summed E-state index contributed by atoms with van der Waals surface area (Å²) in [5, 5.41) is 62.4. The van der Waals surface area contributed by atoms with Gasteiger partial charge in [-0.2, -0.15) is 0 Å². The summed E-state index contributed by atoms with van der Waals surface area (Å²) in [7, 11) is 8.57. The van der Waals surface area contributed by atoms with Crippen LogP contribution in [0.4, 0.5) is 15.3 Å². The van der Waals surface area contributed by atoms with E-state index in [1.807, 2.05) is 51.7 Å². The molecule has 4 heterocycles. The van der Waals surface area contributed by atoms with E-state index < -0.39 is 113 Å². The highest BCUT2D eigenvalue weighted by atomic mass is 16.7. The van der Waals surface area contributed by atoms with Crippen molar-refractivity contribution in [3.8, 4) is 5.75 Å². The lowest BCUT2D eigenvalue weighted by Crippen LogP contribution is -2.61. The average molecular weight is 1170 g/mol. The largest absolute Gasteiger partial charge is 0.497 e. The van der Waals surface area contributed by atoms with E-state index in [9.17, 15) is 35.0 Å². The number of nitrogens with one attached hydrogen (secondary N) is 2. The first-order valence-electron chi connectivity index (χ1n) is 28.5. The first-order valence-corrected chi connectivity index (χ1v) is 28.5. The molecular formula is C58H90N8O17. The number of nitro groups is 1. The van der Waals surface area contributed by atoms with E-state index in [1.165, 1.54) is 30.8 Å². The number of ether oxygens (including phenoxy) is 9. The van der Waals surface area contributed by atoms with Crippen LogP contribution in [0.3, 0.4) is 0 Å². The van der Waals surface area contributed by atoms with Crippen LogP contribution < -0.4 is 15.4 Å². The molecule has 3 aromatic rings. The molecule has 0 unspecified atom stereocenters. The fourth-order valence-electron chi connectivity index (χ4n) is 11.9. The molecule has 2 aromatic carbocycles. The number of hydrogen-bond acceptors (Lipinski definition) is 21. The minimum Gasteiger partial charge on any atom is -0.497 e. The van der Waals surface area contributed by atoms with Crippen molar-refractivity contribution < 1.29 is 77.3 Å². The first kappa shape index (κ1) is 66.5. The monoisotopic (exact) mass is 1170 g/mol. The number of amides is 2. The number of cyclic esters (lactones) is 1. The molecule has 3 saturated heterocycles. The SMILES string of the molecule is CC[C@@H]1OC(=O)[C@H](C)[C@H](O[C@H]2C[C@@](C)(OC)[C@@H](OC(=O)NCc3cn(Cc4ccc([N+](=O)[O-])cc4)nn3)[C@H](C)O2)[C@H](C)[C@@H](O[C@@H]2O[C@H](C)C[C@H](N(C)C)[C@H]2O)[C@](C)(O)C[C@@H](C)CN(C)[C@@H](C)[C@H](OC(=O)NCc2ccc(OC)cc2)[C@]1(C)O.